The number of hydrogen-bond donors (Lipinski definition) is 0. The van der Waals surface area contributed by atoms with Crippen LogP contribution in [0.5, 0.6) is 11.5 Å². The Balaban J connectivity index is 1.81. The van der Waals surface area contributed by atoms with Gasteiger partial charge in [0, 0.05) is 12.8 Å². The molecule has 6 nitrogen and oxygen atoms in total. The first-order valence-corrected chi connectivity index (χ1v) is 9.30. The molecule has 0 saturated heterocycles. The Kier molecular flexibility index (Phi) is 5.39. The molecular formula is C17H18BrN3O3S. The molecule has 0 radical (unpaired) electrons. The van der Waals surface area contributed by atoms with Gasteiger partial charge in [-0.1, -0.05) is 17.8 Å². The fourth-order valence-corrected chi connectivity index (χ4v) is 4.19. The molecule has 3 rings (SSSR count). The molecule has 0 unspecified atom stereocenters. The van der Waals surface area contributed by atoms with E-state index in [2.05, 4.69) is 26.1 Å². The highest BCUT2D eigenvalue weighted by molar-refractivity contribution is 9.10. The highest BCUT2D eigenvalue weighted by atomic mass is 79.9. The number of halogens is 1. The zero-order chi connectivity index (χ0) is 18.0. The number of hydrogen-bond acceptors (Lipinski definition) is 6. The molecule has 0 aliphatic carbocycles. The third-order valence-corrected chi connectivity index (χ3v) is 5.79. The minimum Gasteiger partial charge on any atom is -0.493 e. The van der Waals surface area contributed by atoms with Crippen molar-refractivity contribution in [3.05, 3.63) is 40.3 Å². The van der Waals surface area contributed by atoms with Gasteiger partial charge < -0.3 is 18.5 Å². The molecule has 132 valence electrons. The highest BCUT2D eigenvalue weighted by Crippen LogP contribution is 2.39. The first-order chi connectivity index (χ1) is 12.1. The van der Waals surface area contributed by atoms with Crippen LogP contribution in [0.2, 0.25) is 0 Å². The number of benzene rings is 1. The van der Waals surface area contributed by atoms with Gasteiger partial charge in [-0.15, -0.1) is 10.2 Å². The smallest absolute Gasteiger partial charge is 0.191 e. The van der Waals surface area contributed by atoms with E-state index < -0.39 is 0 Å². The lowest BCUT2D eigenvalue weighted by molar-refractivity contribution is 0.353. The normalized spacial score (nSPS) is 10.9. The van der Waals surface area contributed by atoms with Crippen molar-refractivity contribution in [1.29, 1.82) is 0 Å². The SMILES string of the molecule is COc1ccc(CSc2nnc(-c3ccoc3C)n2C)c(Br)c1OC. The second-order valence-electron chi connectivity index (χ2n) is 5.32. The van der Waals surface area contributed by atoms with Crippen LogP contribution in [0.1, 0.15) is 11.3 Å². The van der Waals surface area contributed by atoms with Gasteiger partial charge in [-0.05, 0) is 40.5 Å². The Labute approximate surface area is 158 Å². The van der Waals surface area contributed by atoms with E-state index in [1.165, 1.54) is 0 Å². The third kappa shape index (κ3) is 3.41. The molecule has 25 heavy (non-hydrogen) atoms. The van der Waals surface area contributed by atoms with Crippen molar-refractivity contribution in [2.75, 3.05) is 14.2 Å². The predicted molar refractivity (Wildman–Crippen MR) is 100 cm³/mol. The monoisotopic (exact) mass is 423 g/mol. The summed E-state index contributed by atoms with van der Waals surface area (Å²) in [5, 5.41) is 9.42. The summed E-state index contributed by atoms with van der Waals surface area (Å²) < 4.78 is 18.9. The third-order valence-electron chi connectivity index (χ3n) is 3.86. The van der Waals surface area contributed by atoms with E-state index in [-0.39, 0.29) is 0 Å². The number of ether oxygens (including phenoxy) is 2. The summed E-state index contributed by atoms with van der Waals surface area (Å²) in [5.41, 5.74) is 2.04. The molecule has 0 atom stereocenters. The summed E-state index contributed by atoms with van der Waals surface area (Å²) >= 11 is 5.20. The maximum Gasteiger partial charge on any atom is 0.191 e. The Morgan fingerprint density at radius 2 is 2.00 bits per heavy atom. The van der Waals surface area contributed by atoms with E-state index >= 15 is 0 Å². The summed E-state index contributed by atoms with van der Waals surface area (Å²) in [6, 6.07) is 5.81. The number of aromatic nitrogens is 3. The fourth-order valence-electron chi connectivity index (χ4n) is 2.48. The Bertz CT molecular complexity index is 891. The fraction of sp³-hybridized carbons (Fsp3) is 0.294. The van der Waals surface area contributed by atoms with Crippen molar-refractivity contribution < 1.29 is 13.9 Å². The largest absolute Gasteiger partial charge is 0.493 e. The molecule has 0 saturated carbocycles. The summed E-state index contributed by atoms with van der Waals surface area (Å²) in [6.07, 6.45) is 1.66. The molecule has 3 aromatic rings. The molecular weight excluding hydrogens is 406 g/mol. The van der Waals surface area contributed by atoms with Crippen LogP contribution >= 0.6 is 27.7 Å². The van der Waals surface area contributed by atoms with Crippen LogP contribution in [0.25, 0.3) is 11.4 Å². The minimum absolute atomic E-state index is 0.688. The zero-order valence-corrected chi connectivity index (χ0v) is 16.8. The quantitative estimate of drug-likeness (QED) is 0.545. The van der Waals surface area contributed by atoms with Crippen LogP contribution in [0.15, 0.2) is 38.5 Å². The molecule has 2 heterocycles. The van der Waals surface area contributed by atoms with Crippen LogP contribution < -0.4 is 9.47 Å². The highest BCUT2D eigenvalue weighted by Gasteiger charge is 2.17. The number of aryl methyl sites for hydroxylation is 1. The van der Waals surface area contributed by atoms with Gasteiger partial charge in [0.25, 0.3) is 0 Å². The van der Waals surface area contributed by atoms with Gasteiger partial charge in [-0.3, -0.25) is 0 Å². The topological polar surface area (TPSA) is 62.3 Å². The number of rotatable bonds is 6. The van der Waals surface area contributed by atoms with Gasteiger partial charge in [0.05, 0.1) is 30.5 Å². The molecule has 0 aliphatic heterocycles. The molecule has 0 bridgehead atoms. The Hall–Kier alpha value is -1.93. The molecule has 0 fully saturated rings. The summed E-state index contributed by atoms with van der Waals surface area (Å²) in [5.74, 6) is 3.72. The standard InChI is InChI=1S/C17H18BrN3O3S/c1-10-12(7-8-24-10)16-19-20-17(21(16)2)25-9-11-5-6-13(22-3)15(23-4)14(11)18/h5-8H,9H2,1-4H3. The summed E-state index contributed by atoms with van der Waals surface area (Å²) in [4.78, 5) is 0. The molecule has 8 heteroatoms. The van der Waals surface area contributed by atoms with Crippen LogP contribution in [-0.4, -0.2) is 29.0 Å². The van der Waals surface area contributed by atoms with E-state index in [0.717, 1.165) is 38.1 Å². The van der Waals surface area contributed by atoms with Crippen LogP contribution in [0.4, 0.5) is 0 Å². The van der Waals surface area contributed by atoms with Gasteiger partial charge >= 0.3 is 0 Å². The summed E-state index contributed by atoms with van der Waals surface area (Å²) in [6.45, 7) is 1.91. The van der Waals surface area contributed by atoms with Gasteiger partial charge in [-0.2, -0.15) is 0 Å². The maximum atomic E-state index is 5.42. The van der Waals surface area contributed by atoms with Gasteiger partial charge in [0.1, 0.15) is 5.76 Å². The number of furan rings is 1. The van der Waals surface area contributed by atoms with E-state index in [9.17, 15) is 0 Å². The van der Waals surface area contributed by atoms with Crippen LogP contribution in [0.3, 0.4) is 0 Å². The van der Waals surface area contributed by atoms with Crippen molar-refractivity contribution >= 4 is 27.7 Å². The Morgan fingerprint density at radius 1 is 1.20 bits per heavy atom. The van der Waals surface area contributed by atoms with E-state index in [4.69, 9.17) is 13.9 Å². The maximum absolute atomic E-state index is 5.42. The number of thioether (sulfide) groups is 1. The lowest BCUT2D eigenvalue weighted by Gasteiger charge is -2.12. The lowest BCUT2D eigenvalue weighted by atomic mass is 10.2. The van der Waals surface area contributed by atoms with Gasteiger partial charge in [0.2, 0.25) is 0 Å². The van der Waals surface area contributed by atoms with Crippen molar-refractivity contribution in [3.63, 3.8) is 0 Å². The second kappa shape index (κ2) is 7.53. The average Bonchev–Trinajstić information content (AvgIpc) is 3.19. The summed E-state index contributed by atoms with van der Waals surface area (Å²) in [7, 11) is 5.20. The molecule has 0 aliphatic rings. The number of methoxy groups -OCH3 is 2. The van der Waals surface area contributed by atoms with E-state index in [0.29, 0.717) is 11.5 Å². The molecule has 0 spiro atoms. The first-order valence-electron chi connectivity index (χ1n) is 7.52. The van der Waals surface area contributed by atoms with Gasteiger partial charge in [0.15, 0.2) is 22.5 Å². The minimum atomic E-state index is 0.688. The van der Waals surface area contributed by atoms with Crippen LogP contribution in [-0.2, 0) is 12.8 Å². The van der Waals surface area contributed by atoms with Gasteiger partial charge in [-0.25, -0.2) is 0 Å². The van der Waals surface area contributed by atoms with Crippen molar-refractivity contribution in [2.24, 2.45) is 7.05 Å². The van der Waals surface area contributed by atoms with Crippen molar-refractivity contribution in [3.8, 4) is 22.9 Å². The average molecular weight is 424 g/mol. The Morgan fingerprint density at radius 3 is 2.64 bits per heavy atom. The predicted octanol–water partition coefficient (Wildman–Crippen LogP) is 4.46. The van der Waals surface area contributed by atoms with E-state index in [1.807, 2.05) is 36.7 Å². The van der Waals surface area contributed by atoms with Crippen LogP contribution in [0, 0.1) is 6.92 Å². The second-order valence-corrected chi connectivity index (χ2v) is 7.05. The molecule has 0 amide bonds. The number of nitrogens with zero attached hydrogens (tertiary/aromatic N) is 3. The molecule has 1 aromatic carbocycles. The van der Waals surface area contributed by atoms with Crippen molar-refractivity contribution in [2.45, 2.75) is 17.8 Å². The molecule has 2 aromatic heterocycles. The zero-order valence-electron chi connectivity index (χ0n) is 14.4. The van der Waals surface area contributed by atoms with Crippen molar-refractivity contribution in [1.82, 2.24) is 14.8 Å². The van der Waals surface area contributed by atoms with E-state index in [1.54, 1.807) is 32.2 Å². The lowest BCUT2D eigenvalue weighted by Crippen LogP contribution is -1.97. The first kappa shape index (κ1) is 17.9. The molecule has 0 N–H and O–H groups in total.